The SMILES string of the molecule is CCC1=C(C(=O)OC)[C@H](c2ccc(OCC#N)cc2)NC(=S)N1c1ccccc1. The molecule has 0 unspecified atom stereocenters. The van der Waals surface area contributed by atoms with Gasteiger partial charge in [0.25, 0.3) is 0 Å². The normalized spacial score (nSPS) is 16.1. The first kappa shape index (κ1) is 20.4. The molecule has 6 nitrogen and oxygen atoms in total. The molecule has 3 rings (SSSR count). The third-order valence-electron chi connectivity index (χ3n) is 4.61. The second-order valence-electron chi connectivity index (χ2n) is 6.27. The first-order valence-corrected chi connectivity index (χ1v) is 9.58. The van der Waals surface area contributed by atoms with Gasteiger partial charge in [-0.15, -0.1) is 0 Å². The number of ether oxygens (including phenoxy) is 2. The summed E-state index contributed by atoms with van der Waals surface area (Å²) in [6.07, 6.45) is 0.598. The van der Waals surface area contributed by atoms with Crippen molar-refractivity contribution in [2.24, 2.45) is 0 Å². The molecule has 0 bridgehead atoms. The summed E-state index contributed by atoms with van der Waals surface area (Å²) < 4.78 is 10.4. The minimum atomic E-state index is -0.449. The highest BCUT2D eigenvalue weighted by Crippen LogP contribution is 2.36. The summed E-state index contributed by atoms with van der Waals surface area (Å²) in [6.45, 7) is 1.96. The number of anilines is 1. The number of allylic oxidation sites excluding steroid dienone is 1. The fraction of sp³-hybridized carbons (Fsp3) is 0.227. The summed E-state index contributed by atoms with van der Waals surface area (Å²) in [6, 6.07) is 18.4. The van der Waals surface area contributed by atoms with Crippen LogP contribution >= 0.6 is 12.2 Å². The van der Waals surface area contributed by atoms with E-state index in [1.54, 1.807) is 12.1 Å². The Bertz CT molecular complexity index is 965. The quantitative estimate of drug-likeness (QED) is 0.576. The van der Waals surface area contributed by atoms with Crippen molar-refractivity contribution in [1.29, 1.82) is 5.26 Å². The molecule has 0 saturated heterocycles. The van der Waals surface area contributed by atoms with E-state index in [-0.39, 0.29) is 6.61 Å². The minimum absolute atomic E-state index is 0.0234. The Morgan fingerprint density at radius 1 is 1.21 bits per heavy atom. The lowest BCUT2D eigenvalue weighted by Crippen LogP contribution is -2.48. The zero-order chi connectivity index (χ0) is 20.8. The molecular weight excluding hydrogens is 386 g/mol. The number of benzene rings is 2. The van der Waals surface area contributed by atoms with Crippen LogP contribution in [0.5, 0.6) is 5.75 Å². The third-order valence-corrected chi connectivity index (χ3v) is 4.91. The van der Waals surface area contributed by atoms with Crippen LogP contribution in [0.1, 0.15) is 24.9 Å². The van der Waals surface area contributed by atoms with Gasteiger partial charge >= 0.3 is 5.97 Å². The molecular formula is C22H21N3O3S. The number of hydrogen-bond donors (Lipinski definition) is 1. The maximum Gasteiger partial charge on any atom is 0.337 e. The average molecular weight is 407 g/mol. The highest BCUT2D eigenvalue weighted by Gasteiger charge is 2.36. The first-order valence-electron chi connectivity index (χ1n) is 9.17. The molecule has 1 aliphatic rings. The second kappa shape index (κ2) is 9.22. The van der Waals surface area contributed by atoms with Gasteiger partial charge in [-0.25, -0.2) is 4.79 Å². The van der Waals surface area contributed by atoms with E-state index in [0.29, 0.717) is 22.9 Å². The fourth-order valence-electron chi connectivity index (χ4n) is 3.34. The van der Waals surface area contributed by atoms with E-state index < -0.39 is 12.0 Å². The van der Waals surface area contributed by atoms with Gasteiger partial charge in [0, 0.05) is 11.4 Å². The molecule has 2 aromatic carbocycles. The zero-order valence-corrected chi connectivity index (χ0v) is 17.0. The minimum Gasteiger partial charge on any atom is -0.479 e. The molecule has 2 aromatic rings. The smallest absolute Gasteiger partial charge is 0.337 e. The third kappa shape index (κ3) is 4.23. The van der Waals surface area contributed by atoms with E-state index in [4.69, 9.17) is 27.0 Å². The Morgan fingerprint density at radius 2 is 1.90 bits per heavy atom. The fourth-order valence-corrected chi connectivity index (χ4v) is 3.67. The van der Waals surface area contributed by atoms with Crippen molar-refractivity contribution in [1.82, 2.24) is 5.32 Å². The van der Waals surface area contributed by atoms with E-state index in [2.05, 4.69) is 5.32 Å². The van der Waals surface area contributed by atoms with Crippen LogP contribution in [0.4, 0.5) is 5.69 Å². The van der Waals surface area contributed by atoms with Crippen LogP contribution in [0.25, 0.3) is 0 Å². The lowest BCUT2D eigenvalue weighted by Gasteiger charge is -2.38. The second-order valence-corrected chi connectivity index (χ2v) is 6.66. The monoisotopic (exact) mass is 407 g/mol. The largest absolute Gasteiger partial charge is 0.479 e. The zero-order valence-electron chi connectivity index (χ0n) is 16.2. The number of esters is 1. The number of para-hydroxylation sites is 1. The number of nitrogens with zero attached hydrogens (tertiary/aromatic N) is 2. The Balaban J connectivity index is 2.07. The van der Waals surface area contributed by atoms with Crippen LogP contribution in [-0.4, -0.2) is 24.8 Å². The van der Waals surface area contributed by atoms with E-state index in [9.17, 15) is 4.79 Å². The van der Waals surface area contributed by atoms with Gasteiger partial charge in [0.2, 0.25) is 0 Å². The molecule has 1 atom stereocenters. The molecule has 0 aromatic heterocycles. The maximum atomic E-state index is 12.8. The van der Waals surface area contributed by atoms with Crippen molar-refractivity contribution in [3.05, 3.63) is 71.4 Å². The summed E-state index contributed by atoms with van der Waals surface area (Å²) in [5, 5.41) is 12.4. The lowest BCUT2D eigenvalue weighted by atomic mass is 9.93. The Morgan fingerprint density at radius 3 is 2.48 bits per heavy atom. The van der Waals surface area contributed by atoms with Gasteiger partial charge in [0.1, 0.15) is 11.8 Å². The van der Waals surface area contributed by atoms with Gasteiger partial charge < -0.3 is 14.8 Å². The molecule has 0 radical (unpaired) electrons. The number of thiocarbonyl (C=S) groups is 1. The number of carbonyl (C=O) groups is 1. The van der Waals surface area contributed by atoms with E-state index in [1.807, 2.05) is 60.4 Å². The molecule has 0 aliphatic carbocycles. The highest BCUT2D eigenvalue weighted by molar-refractivity contribution is 7.80. The molecule has 0 amide bonds. The summed E-state index contributed by atoms with van der Waals surface area (Å²) in [5.41, 5.74) is 3.03. The molecule has 1 aliphatic heterocycles. The standard InChI is InChI=1S/C22H21N3O3S/c1-3-18-19(21(26)27-2)20(15-9-11-17(12-10-15)28-14-13-23)24-22(29)25(18)16-7-5-4-6-8-16/h4-12,20H,3,14H2,1-2H3,(H,24,29)/t20-/m0/s1. The van der Waals surface area contributed by atoms with Gasteiger partial charge in [-0.1, -0.05) is 37.3 Å². The molecule has 0 spiro atoms. The maximum absolute atomic E-state index is 12.8. The van der Waals surface area contributed by atoms with Crippen molar-refractivity contribution in [2.45, 2.75) is 19.4 Å². The molecule has 0 fully saturated rings. The van der Waals surface area contributed by atoms with Crippen molar-refractivity contribution in [3.8, 4) is 11.8 Å². The molecule has 7 heteroatoms. The summed E-state index contributed by atoms with van der Waals surface area (Å²) in [5.74, 6) is 0.173. The average Bonchev–Trinajstić information content (AvgIpc) is 2.77. The van der Waals surface area contributed by atoms with Crippen molar-refractivity contribution < 1.29 is 14.3 Å². The molecule has 1 heterocycles. The summed E-state index contributed by atoms with van der Waals surface area (Å²) in [7, 11) is 1.37. The molecule has 0 saturated carbocycles. The van der Waals surface area contributed by atoms with Crippen LogP contribution in [0.15, 0.2) is 65.9 Å². The van der Waals surface area contributed by atoms with Gasteiger partial charge in [-0.2, -0.15) is 5.26 Å². The lowest BCUT2D eigenvalue weighted by molar-refractivity contribution is -0.136. The van der Waals surface area contributed by atoms with Crippen LogP contribution in [0.3, 0.4) is 0 Å². The van der Waals surface area contributed by atoms with Gasteiger partial charge in [0.15, 0.2) is 11.7 Å². The number of nitriles is 1. The number of hydrogen-bond acceptors (Lipinski definition) is 5. The van der Waals surface area contributed by atoms with Crippen LogP contribution in [0, 0.1) is 11.3 Å². The van der Waals surface area contributed by atoms with Gasteiger partial charge in [0.05, 0.1) is 18.7 Å². The topological polar surface area (TPSA) is 74.6 Å². The van der Waals surface area contributed by atoms with Crippen LogP contribution in [-0.2, 0) is 9.53 Å². The summed E-state index contributed by atoms with van der Waals surface area (Å²) in [4.78, 5) is 14.6. The highest BCUT2D eigenvalue weighted by atomic mass is 32.1. The Kier molecular flexibility index (Phi) is 6.47. The number of nitrogens with one attached hydrogen (secondary N) is 1. The van der Waals surface area contributed by atoms with E-state index in [1.165, 1.54) is 7.11 Å². The van der Waals surface area contributed by atoms with E-state index in [0.717, 1.165) is 16.9 Å². The number of rotatable bonds is 6. The predicted octanol–water partition coefficient (Wildman–Crippen LogP) is 3.86. The number of methoxy groups -OCH3 is 1. The first-order chi connectivity index (χ1) is 14.1. The number of carbonyl (C=O) groups excluding carboxylic acids is 1. The molecule has 29 heavy (non-hydrogen) atoms. The van der Waals surface area contributed by atoms with Crippen LogP contribution in [0.2, 0.25) is 0 Å². The van der Waals surface area contributed by atoms with Crippen molar-refractivity contribution >= 4 is 29.0 Å². The van der Waals surface area contributed by atoms with Crippen molar-refractivity contribution in [2.75, 3.05) is 18.6 Å². The predicted molar refractivity (Wildman–Crippen MR) is 114 cm³/mol. The van der Waals surface area contributed by atoms with Crippen molar-refractivity contribution in [3.63, 3.8) is 0 Å². The molecule has 1 N–H and O–H groups in total. The Hall–Kier alpha value is -3.37. The van der Waals surface area contributed by atoms with E-state index >= 15 is 0 Å². The van der Waals surface area contributed by atoms with Gasteiger partial charge in [-0.05, 0) is 48.5 Å². The van der Waals surface area contributed by atoms with Crippen LogP contribution < -0.4 is 15.0 Å². The Labute approximate surface area is 175 Å². The van der Waals surface area contributed by atoms with Gasteiger partial charge in [-0.3, -0.25) is 4.90 Å². The molecule has 148 valence electrons. The summed E-state index contributed by atoms with van der Waals surface area (Å²) >= 11 is 5.66.